The Morgan fingerprint density at radius 1 is 1.07 bits per heavy atom. The maximum Gasteiger partial charge on any atom is 0.416 e. The smallest absolute Gasteiger partial charge is 0.416 e. The van der Waals surface area contributed by atoms with Crippen molar-refractivity contribution in [3.8, 4) is 0 Å². The highest BCUT2D eigenvalue weighted by Crippen LogP contribution is 2.32. The Morgan fingerprint density at radius 3 is 2.38 bits per heavy atom. The molecule has 2 unspecified atom stereocenters. The molecule has 0 saturated carbocycles. The van der Waals surface area contributed by atoms with Crippen LogP contribution in [0.2, 0.25) is 5.02 Å². The molecule has 2 aromatic carbocycles. The van der Waals surface area contributed by atoms with Crippen LogP contribution >= 0.6 is 11.6 Å². The third-order valence-corrected chi connectivity index (χ3v) is 7.06. The molecule has 2 atom stereocenters. The van der Waals surface area contributed by atoms with E-state index in [1.54, 1.807) is 51.1 Å². The molecule has 1 aliphatic carbocycles. The van der Waals surface area contributed by atoms with Crippen LogP contribution in [0.3, 0.4) is 0 Å². The average molecular weight is 575 g/mol. The summed E-state index contributed by atoms with van der Waals surface area (Å²) in [4.78, 5) is 25.3. The quantitative estimate of drug-likeness (QED) is 0.333. The summed E-state index contributed by atoms with van der Waals surface area (Å²) in [7, 11) is 0. The zero-order valence-electron chi connectivity index (χ0n) is 22.9. The van der Waals surface area contributed by atoms with Crippen molar-refractivity contribution >= 4 is 23.4 Å². The Balaban J connectivity index is 1.83. The second-order valence-corrected chi connectivity index (χ2v) is 11.0. The van der Waals surface area contributed by atoms with Crippen molar-refractivity contribution in [2.75, 3.05) is 0 Å². The van der Waals surface area contributed by atoms with E-state index < -0.39 is 35.2 Å². The van der Waals surface area contributed by atoms with Crippen LogP contribution in [0.25, 0.3) is 0 Å². The van der Waals surface area contributed by atoms with Gasteiger partial charge >= 0.3 is 6.18 Å². The molecule has 0 bridgehead atoms. The molecule has 214 valence electrons. The van der Waals surface area contributed by atoms with Gasteiger partial charge in [0.15, 0.2) is 5.60 Å². The molecule has 5 nitrogen and oxygen atoms in total. The largest absolute Gasteiger partial charge is 0.482 e. The molecule has 0 heterocycles. The third kappa shape index (κ3) is 8.49. The lowest BCUT2D eigenvalue weighted by Gasteiger charge is -2.32. The second kappa shape index (κ2) is 12.8. The number of primary amides is 1. The minimum Gasteiger partial charge on any atom is -0.482 e. The van der Waals surface area contributed by atoms with Crippen molar-refractivity contribution in [1.82, 2.24) is 5.32 Å². The summed E-state index contributed by atoms with van der Waals surface area (Å²) in [5, 5.41) is 3.62. The number of amides is 2. The fourth-order valence-corrected chi connectivity index (χ4v) is 4.60. The number of rotatable bonds is 9. The van der Waals surface area contributed by atoms with Crippen LogP contribution in [0.5, 0.6) is 0 Å². The van der Waals surface area contributed by atoms with E-state index in [0.717, 1.165) is 23.3 Å². The number of alkyl halides is 3. The number of hydrogen-bond acceptors (Lipinski definition) is 3. The van der Waals surface area contributed by atoms with Gasteiger partial charge in [-0.05, 0) is 88.1 Å². The van der Waals surface area contributed by atoms with Crippen molar-refractivity contribution in [2.45, 2.75) is 70.7 Å². The molecule has 0 radical (unpaired) electrons. The zero-order valence-corrected chi connectivity index (χ0v) is 23.7. The number of halogens is 4. The Bertz CT molecular complexity index is 1330. The summed E-state index contributed by atoms with van der Waals surface area (Å²) in [6.07, 6.45) is 0.144. The van der Waals surface area contributed by atoms with Crippen molar-refractivity contribution < 1.29 is 27.5 Å². The van der Waals surface area contributed by atoms with Gasteiger partial charge < -0.3 is 15.8 Å². The molecule has 40 heavy (non-hydrogen) atoms. The molecule has 0 spiro atoms. The lowest BCUT2D eigenvalue weighted by atomic mass is 9.85. The van der Waals surface area contributed by atoms with E-state index in [1.165, 1.54) is 6.08 Å². The first kappa shape index (κ1) is 31.0. The van der Waals surface area contributed by atoms with Crippen LogP contribution in [0.4, 0.5) is 13.2 Å². The molecule has 0 aromatic heterocycles. The minimum atomic E-state index is -4.49. The highest BCUT2D eigenvalue weighted by Gasteiger charge is 2.35. The first-order chi connectivity index (χ1) is 18.7. The molecular weight excluding hydrogens is 541 g/mol. The first-order valence-electron chi connectivity index (χ1n) is 12.9. The standard InChI is InChI=1S/C31H34ClF3N2O3/c1-19-8-14-26(15-11-24(16-19)31(33,34)35)40-30(3,4)29(39)37-20(2)27(17-21-9-12-25(32)13-10-21)22-6-5-7-23(18-22)28(36)38/h5-7,9-13,15-16,18,20,27H,8,14,17H2,1-4H3,(H2,36,38)(H,37,39). The van der Waals surface area contributed by atoms with Gasteiger partial charge in [0.25, 0.3) is 5.91 Å². The normalized spacial score (nSPS) is 15.9. The molecular formula is C31H34ClF3N2O3. The predicted octanol–water partition coefficient (Wildman–Crippen LogP) is 7.18. The SMILES string of the molecule is CC1=CC(C(F)(F)F)=CC=C(OC(C)(C)C(=O)NC(C)C(Cc2ccc(Cl)cc2)c2cccc(C(N)=O)c2)CC1. The van der Waals surface area contributed by atoms with Gasteiger partial charge in [-0.15, -0.1) is 0 Å². The fraction of sp³-hybridized carbons (Fsp3) is 0.355. The van der Waals surface area contributed by atoms with Gasteiger partial charge in [-0.25, -0.2) is 0 Å². The molecule has 0 saturated heterocycles. The highest BCUT2D eigenvalue weighted by molar-refractivity contribution is 6.30. The van der Waals surface area contributed by atoms with Crippen molar-refractivity contribution in [3.63, 3.8) is 0 Å². The maximum atomic E-state index is 13.4. The highest BCUT2D eigenvalue weighted by atomic mass is 35.5. The van der Waals surface area contributed by atoms with Gasteiger partial charge in [0.2, 0.25) is 5.91 Å². The van der Waals surface area contributed by atoms with E-state index in [4.69, 9.17) is 22.1 Å². The molecule has 3 rings (SSSR count). The molecule has 3 N–H and O–H groups in total. The average Bonchev–Trinajstić information content (AvgIpc) is 2.87. The topological polar surface area (TPSA) is 81.4 Å². The monoisotopic (exact) mass is 574 g/mol. The van der Waals surface area contributed by atoms with Crippen LogP contribution in [0.15, 0.2) is 83.7 Å². The zero-order chi connectivity index (χ0) is 29.7. The van der Waals surface area contributed by atoms with E-state index in [1.807, 2.05) is 25.1 Å². The Hall–Kier alpha value is -3.52. The summed E-state index contributed by atoms with van der Waals surface area (Å²) in [5.41, 5.74) is 6.07. The molecule has 2 amide bonds. The molecule has 2 aromatic rings. The van der Waals surface area contributed by atoms with Gasteiger partial charge in [-0.1, -0.05) is 47.5 Å². The van der Waals surface area contributed by atoms with E-state index in [-0.39, 0.29) is 11.7 Å². The Kier molecular flexibility index (Phi) is 9.90. The van der Waals surface area contributed by atoms with E-state index in [2.05, 4.69) is 5.32 Å². The molecule has 9 heteroatoms. The maximum absolute atomic E-state index is 13.4. The van der Waals surface area contributed by atoms with Crippen LogP contribution < -0.4 is 11.1 Å². The number of ether oxygens (including phenoxy) is 1. The van der Waals surface area contributed by atoms with Crippen LogP contribution in [-0.4, -0.2) is 29.6 Å². The number of carbonyl (C=O) groups is 2. The van der Waals surface area contributed by atoms with Gasteiger partial charge in [0.05, 0.1) is 11.3 Å². The summed E-state index contributed by atoms with van der Waals surface area (Å²) in [5.74, 6) is -0.944. The summed E-state index contributed by atoms with van der Waals surface area (Å²) in [6.45, 7) is 6.64. The number of nitrogens with one attached hydrogen (secondary N) is 1. The van der Waals surface area contributed by atoms with Crippen molar-refractivity contribution in [2.24, 2.45) is 5.73 Å². The van der Waals surface area contributed by atoms with Crippen molar-refractivity contribution in [3.05, 3.63) is 105 Å². The second-order valence-electron chi connectivity index (χ2n) is 10.5. The van der Waals surface area contributed by atoms with Crippen LogP contribution in [-0.2, 0) is 16.0 Å². The number of nitrogens with two attached hydrogens (primary N) is 1. The lowest BCUT2D eigenvalue weighted by Crippen LogP contribution is -2.49. The number of allylic oxidation sites excluding steroid dienone is 6. The number of carbonyl (C=O) groups excluding carboxylic acids is 2. The van der Waals surface area contributed by atoms with E-state index >= 15 is 0 Å². The lowest BCUT2D eigenvalue weighted by molar-refractivity contribution is -0.139. The number of hydrogen-bond donors (Lipinski definition) is 2. The summed E-state index contributed by atoms with van der Waals surface area (Å²) < 4.78 is 46.0. The fourth-order valence-electron chi connectivity index (χ4n) is 4.47. The molecule has 0 aliphatic heterocycles. The molecule has 0 fully saturated rings. The van der Waals surface area contributed by atoms with Gasteiger partial charge in [-0.3, -0.25) is 9.59 Å². The predicted molar refractivity (Wildman–Crippen MR) is 151 cm³/mol. The van der Waals surface area contributed by atoms with E-state index in [9.17, 15) is 22.8 Å². The van der Waals surface area contributed by atoms with Crippen LogP contribution in [0, 0.1) is 0 Å². The molecule has 1 aliphatic rings. The van der Waals surface area contributed by atoms with Crippen molar-refractivity contribution in [1.29, 1.82) is 0 Å². The summed E-state index contributed by atoms with van der Waals surface area (Å²) in [6, 6.07) is 13.9. The third-order valence-electron chi connectivity index (χ3n) is 6.81. The summed E-state index contributed by atoms with van der Waals surface area (Å²) >= 11 is 6.05. The van der Waals surface area contributed by atoms with Crippen LogP contribution in [0.1, 0.15) is 67.9 Å². The Labute approximate surface area is 237 Å². The van der Waals surface area contributed by atoms with Gasteiger partial charge in [-0.2, -0.15) is 13.2 Å². The number of benzene rings is 2. The van der Waals surface area contributed by atoms with E-state index in [0.29, 0.717) is 35.4 Å². The first-order valence-corrected chi connectivity index (χ1v) is 13.3. The Morgan fingerprint density at radius 2 is 1.75 bits per heavy atom. The van der Waals surface area contributed by atoms with Gasteiger partial charge in [0, 0.05) is 29.0 Å². The van der Waals surface area contributed by atoms with Gasteiger partial charge in [0.1, 0.15) is 0 Å². The minimum absolute atomic E-state index is 0.245.